The van der Waals surface area contributed by atoms with E-state index in [1.165, 1.54) is 0 Å². The average molecular weight is 385 g/mol. The van der Waals surface area contributed by atoms with Crippen LogP contribution in [0.25, 0.3) is 5.69 Å². The van der Waals surface area contributed by atoms with E-state index in [0.717, 1.165) is 18.5 Å². The summed E-state index contributed by atoms with van der Waals surface area (Å²) in [5, 5.41) is 3.01. The van der Waals surface area contributed by atoms with E-state index in [1.807, 2.05) is 35.2 Å². The maximum absolute atomic E-state index is 13.0. The topological polar surface area (TPSA) is 73.4 Å². The molecule has 1 saturated heterocycles. The molecular weight excluding hydrogens is 362 g/mol. The number of aromatic nitrogens is 2. The van der Waals surface area contributed by atoms with Crippen molar-refractivity contribution in [3.05, 3.63) is 47.0 Å². The second kappa shape index (κ2) is 7.66. The predicted molar refractivity (Wildman–Crippen MR) is 104 cm³/mol. The van der Waals surface area contributed by atoms with Crippen LogP contribution in [0.4, 0.5) is 0 Å². The zero-order valence-electron chi connectivity index (χ0n) is 15.1. The molecule has 4 rings (SSSR count). The van der Waals surface area contributed by atoms with Crippen molar-refractivity contribution in [2.24, 2.45) is 0 Å². The summed E-state index contributed by atoms with van der Waals surface area (Å²) >= 11 is 5.37. The van der Waals surface area contributed by atoms with Gasteiger partial charge in [0.2, 0.25) is 5.91 Å². The monoisotopic (exact) mass is 385 g/mol. The highest BCUT2D eigenvalue weighted by molar-refractivity contribution is 7.71. The minimum atomic E-state index is -0.0479. The van der Waals surface area contributed by atoms with Gasteiger partial charge in [-0.25, -0.2) is 0 Å². The molecule has 8 heteroatoms. The number of amides is 2. The number of hydrogen-bond donors (Lipinski definition) is 2. The maximum Gasteiger partial charge on any atom is 0.272 e. The van der Waals surface area contributed by atoms with Crippen molar-refractivity contribution in [1.82, 2.24) is 24.7 Å². The Kier molecular flexibility index (Phi) is 5.09. The number of nitrogens with one attached hydrogen (secondary N) is 2. The minimum absolute atomic E-state index is 0.0479. The molecular formula is C19H23N5O2S. The zero-order valence-corrected chi connectivity index (χ0v) is 15.9. The highest BCUT2D eigenvalue weighted by Crippen LogP contribution is 2.19. The molecule has 27 heavy (non-hydrogen) atoms. The Labute approximate surface area is 163 Å². The second-order valence-electron chi connectivity index (χ2n) is 7.06. The Balaban J connectivity index is 1.40. The van der Waals surface area contributed by atoms with Crippen LogP contribution >= 0.6 is 12.2 Å². The Morgan fingerprint density at radius 2 is 1.81 bits per heavy atom. The molecule has 1 saturated carbocycles. The average Bonchev–Trinajstić information content (AvgIpc) is 3.41. The lowest BCUT2D eigenvalue weighted by molar-refractivity contribution is -0.122. The standard InChI is InChI=1S/C19H23N5O2S/c25-17(21-14-6-7-14)13-22-8-10-23(11-9-22)18(26)16-12-20-19(27)24(16)15-4-2-1-3-5-15/h1-5,12,14H,6-11,13H2,(H,20,27)(H,21,25). The molecule has 7 nitrogen and oxygen atoms in total. The van der Waals surface area contributed by atoms with Gasteiger partial charge in [-0.1, -0.05) is 18.2 Å². The third kappa shape index (κ3) is 4.12. The van der Waals surface area contributed by atoms with E-state index in [9.17, 15) is 9.59 Å². The molecule has 0 radical (unpaired) electrons. The molecule has 1 aromatic heterocycles. The molecule has 2 aromatic rings. The van der Waals surface area contributed by atoms with Crippen LogP contribution in [0.5, 0.6) is 0 Å². The summed E-state index contributed by atoms with van der Waals surface area (Å²) in [6.07, 6.45) is 3.86. The van der Waals surface area contributed by atoms with Crippen LogP contribution in [0.3, 0.4) is 0 Å². The molecule has 2 heterocycles. The van der Waals surface area contributed by atoms with Gasteiger partial charge in [-0.2, -0.15) is 0 Å². The first-order valence-electron chi connectivity index (χ1n) is 9.28. The molecule has 1 aliphatic heterocycles. The number of carbonyl (C=O) groups excluding carboxylic acids is 2. The van der Waals surface area contributed by atoms with Crippen LogP contribution < -0.4 is 5.32 Å². The third-order valence-corrected chi connectivity index (χ3v) is 5.28. The zero-order chi connectivity index (χ0) is 18.8. The number of imidazole rings is 1. The van der Waals surface area contributed by atoms with Gasteiger partial charge in [-0.3, -0.25) is 19.1 Å². The van der Waals surface area contributed by atoms with Gasteiger partial charge in [0.1, 0.15) is 5.69 Å². The summed E-state index contributed by atoms with van der Waals surface area (Å²) in [4.78, 5) is 31.9. The van der Waals surface area contributed by atoms with Crippen LogP contribution in [-0.4, -0.2) is 69.9 Å². The van der Waals surface area contributed by atoms with Gasteiger partial charge < -0.3 is 15.2 Å². The van der Waals surface area contributed by atoms with Gasteiger partial charge in [-0.15, -0.1) is 0 Å². The molecule has 2 fully saturated rings. The summed E-state index contributed by atoms with van der Waals surface area (Å²) in [6, 6.07) is 10.0. The predicted octanol–water partition coefficient (Wildman–Crippen LogP) is 1.57. The molecule has 1 aliphatic carbocycles. The number of aromatic amines is 1. The van der Waals surface area contributed by atoms with Crippen LogP contribution in [0, 0.1) is 4.77 Å². The van der Waals surface area contributed by atoms with Gasteiger partial charge in [0.15, 0.2) is 4.77 Å². The van der Waals surface area contributed by atoms with Crippen LogP contribution in [0.15, 0.2) is 36.5 Å². The third-order valence-electron chi connectivity index (χ3n) is 4.98. The molecule has 2 amide bonds. The van der Waals surface area contributed by atoms with Crippen LogP contribution in [-0.2, 0) is 4.79 Å². The van der Waals surface area contributed by atoms with Crippen molar-refractivity contribution >= 4 is 24.0 Å². The van der Waals surface area contributed by atoms with Gasteiger partial charge in [0.05, 0.1) is 6.54 Å². The molecule has 2 N–H and O–H groups in total. The van der Waals surface area contributed by atoms with E-state index >= 15 is 0 Å². The summed E-state index contributed by atoms with van der Waals surface area (Å²) in [6.45, 7) is 2.99. The fraction of sp³-hybridized carbons (Fsp3) is 0.421. The first kappa shape index (κ1) is 17.9. The van der Waals surface area contributed by atoms with Crippen LogP contribution in [0.1, 0.15) is 23.3 Å². The Bertz CT molecular complexity index is 879. The summed E-state index contributed by atoms with van der Waals surface area (Å²) in [5.74, 6) is 0.0360. The van der Waals surface area contributed by atoms with E-state index in [4.69, 9.17) is 12.2 Å². The van der Waals surface area contributed by atoms with Crippen molar-refractivity contribution in [2.75, 3.05) is 32.7 Å². The Hall–Kier alpha value is -2.45. The largest absolute Gasteiger partial charge is 0.352 e. The molecule has 0 bridgehead atoms. The number of para-hydroxylation sites is 1. The quantitative estimate of drug-likeness (QED) is 0.767. The normalized spacial score (nSPS) is 17.7. The summed E-state index contributed by atoms with van der Waals surface area (Å²) in [7, 11) is 0. The Morgan fingerprint density at radius 1 is 1.11 bits per heavy atom. The number of hydrogen-bond acceptors (Lipinski definition) is 4. The fourth-order valence-electron chi connectivity index (χ4n) is 3.33. The lowest BCUT2D eigenvalue weighted by Gasteiger charge is -2.34. The first-order valence-corrected chi connectivity index (χ1v) is 9.69. The van der Waals surface area contributed by atoms with E-state index in [2.05, 4.69) is 15.2 Å². The maximum atomic E-state index is 13.0. The summed E-state index contributed by atoms with van der Waals surface area (Å²) < 4.78 is 2.27. The number of H-pyrrole nitrogens is 1. The van der Waals surface area contributed by atoms with Crippen molar-refractivity contribution in [2.45, 2.75) is 18.9 Å². The number of nitrogens with zero attached hydrogens (tertiary/aromatic N) is 3. The number of piperazine rings is 1. The molecule has 0 unspecified atom stereocenters. The number of rotatable bonds is 5. The van der Waals surface area contributed by atoms with Gasteiger partial charge >= 0.3 is 0 Å². The van der Waals surface area contributed by atoms with Crippen molar-refractivity contribution in [3.63, 3.8) is 0 Å². The van der Waals surface area contributed by atoms with Crippen LogP contribution in [0.2, 0.25) is 0 Å². The Morgan fingerprint density at radius 3 is 2.48 bits per heavy atom. The molecule has 1 aromatic carbocycles. The molecule has 142 valence electrons. The van der Waals surface area contributed by atoms with Crippen molar-refractivity contribution in [3.8, 4) is 5.69 Å². The van der Waals surface area contributed by atoms with Gasteiger partial charge in [0.25, 0.3) is 5.91 Å². The van der Waals surface area contributed by atoms with E-state index in [0.29, 0.717) is 49.2 Å². The molecule has 0 spiro atoms. The fourth-order valence-corrected chi connectivity index (χ4v) is 3.60. The second-order valence-corrected chi connectivity index (χ2v) is 7.45. The lowest BCUT2D eigenvalue weighted by atomic mass is 10.2. The molecule has 0 atom stereocenters. The highest BCUT2D eigenvalue weighted by Gasteiger charge is 2.27. The lowest BCUT2D eigenvalue weighted by Crippen LogP contribution is -2.51. The molecule has 2 aliphatic rings. The van der Waals surface area contributed by atoms with E-state index in [1.54, 1.807) is 10.8 Å². The first-order chi connectivity index (χ1) is 13.1. The smallest absolute Gasteiger partial charge is 0.272 e. The minimum Gasteiger partial charge on any atom is -0.352 e. The van der Waals surface area contributed by atoms with Crippen molar-refractivity contribution in [1.29, 1.82) is 0 Å². The van der Waals surface area contributed by atoms with Gasteiger partial charge in [0, 0.05) is 44.1 Å². The highest BCUT2D eigenvalue weighted by atomic mass is 32.1. The van der Waals surface area contributed by atoms with E-state index < -0.39 is 0 Å². The summed E-state index contributed by atoms with van der Waals surface area (Å²) in [5.41, 5.74) is 1.40. The van der Waals surface area contributed by atoms with Gasteiger partial charge in [-0.05, 0) is 37.2 Å². The van der Waals surface area contributed by atoms with Crippen molar-refractivity contribution < 1.29 is 9.59 Å². The number of benzene rings is 1. The number of carbonyl (C=O) groups is 2. The SMILES string of the molecule is O=C(CN1CCN(C(=O)c2c[nH]c(=S)n2-c2ccccc2)CC1)NC1CC1. The van der Waals surface area contributed by atoms with E-state index in [-0.39, 0.29) is 11.8 Å².